The smallest absolute Gasteiger partial charge is 0.214 e. The Bertz CT molecular complexity index is 348. The second-order valence-corrected chi connectivity index (χ2v) is 3.26. The van der Waals surface area contributed by atoms with Crippen LogP contribution in [0, 0.1) is 5.41 Å². The van der Waals surface area contributed by atoms with Gasteiger partial charge in [-0.3, -0.25) is 5.41 Å². The Morgan fingerprint density at radius 3 is 3.00 bits per heavy atom. The molecule has 0 bridgehead atoms. The molecule has 1 aromatic rings. The standard InChI is InChI=1S/C9H8ClNO/c1-5-8-4-6(10)2-3-7(8)9(11)12-5/h2-5,11H,1H3. The van der Waals surface area contributed by atoms with E-state index in [1.807, 2.05) is 19.1 Å². The Morgan fingerprint density at radius 2 is 2.25 bits per heavy atom. The molecular formula is C9H8ClNO. The number of hydrogen-bond acceptors (Lipinski definition) is 2. The predicted molar refractivity (Wildman–Crippen MR) is 47.8 cm³/mol. The summed E-state index contributed by atoms with van der Waals surface area (Å²) in [5, 5.41) is 8.16. The maximum Gasteiger partial charge on any atom is 0.214 e. The maximum atomic E-state index is 7.47. The van der Waals surface area contributed by atoms with Gasteiger partial charge in [-0.05, 0) is 25.1 Å². The van der Waals surface area contributed by atoms with Gasteiger partial charge < -0.3 is 4.74 Å². The van der Waals surface area contributed by atoms with Gasteiger partial charge in [0.1, 0.15) is 6.10 Å². The third-order valence-corrected chi connectivity index (χ3v) is 2.23. The Morgan fingerprint density at radius 1 is 1.50 bits per heavy atom. The maximum absolute atomic E-state index is 7.47. The Labute approximate surface area is 75.6 Å². The van der Waals surface area contributed by atoms with E-state index >= 15 is 0 Å². The van der Waals surface area contributed by atoms with Crippen molar-refractivity contribution in [3.8, 4) is 0 Å². The number of rotatable bonds is 0. The fourth-order valence-corrected chi connectivity index (χ4v) is 1.56. The molecule has 1 heterocycles. The van der Waals surface area contributed by atoms with Gasteiger partial charge in [0.2, 0.25) is 5.90 Å². The second kappa shape index (κ2) is 2.49. The first-order valence-electron chi connectivity index (χ1n) is 3.73. The Kier molecular flexibility index (Phi) is 1.58. The van der Waals surface area contributed by atoms with Crippen LogP contribution in [0.4, 0.5) is 0 Å². The minimum atomic E-state index is -0.0359. The second-order valence-electron chi connectivity index (χ2n) is 2.82. The van der Waals surface area contributed by atoms with Crippen molar-refractivity contribution in [2.24, 2.45) is 0 Å². The highest BCUT2D eigenvalue weighted by molar-refractivity contribution is 6.30. The molecule has 1 atom stereocenters. The van der Waals surface area contributed by atoms with Crippen LogP contribution in [0.5, 0.6) is 0 Å². The lowest BCUT2D eigenvalue weighted by Gasteiger charge is -2.01. The summed E-state index contributed by atoms with van der Waals surface area (Å²) in [5.41, 5.74) is 1.86. The van der Waals surface area contributed by atoms with Gasteiger partial charge in [-0.15, -0.1) is 0 Å². The number of ether oxygens (including phenoxy) is 1. The first-order chi connectivity index (χ1) is 5.68. The van der Waals surface area contributed by atoms with Crippen LogP contribution in [0.2, 0.25) is 5.02 Å². The molecule has 0 aliphatic carbocycles. The molecule has 0 saturated carbocycles. The van der Waals surface area contributed by atoms with E-state index in [0.29, 0.717) is 5.02 Å². The van der Waals surface area contributed by atoms with E-state index in [0.717, 1.165) is 11.1 Å². The third-order valence-electron chi connectivity index (χ3n) is 1.99. The first kappa shape index (κ1) is 7.62. The number of fused-ring (bicyclic) bond motifs is 1. The van der Waals surface area contributed by atoms with Gasteiger partial charge in [0.25, 0.3) is 0 Å². The highest BCUT2D eigenvalue weighted by atomic mass is 35.5. The summed E-state index contributed by atoms with van der Waals surface area (Å²) in [6, 6.07) is 5.45. The molecule has 1 aliphatic rings. The molecule has 3 heteroatoms. The van der Waals surface area contributed by atoms with Gasteiger partial charge in [-0.25, -0.2) is 0 Å². The van der Waals surface area contributed by atoms with E-state index < -0.39 is 0 Å². The summed E-state index contributed by atoms with van der Waals surface area (Å²) in [7, 11) is 0. The Hall–Kier alpha value is -1.02. The molecule has 0 amide bonds. The number of hydrogen-bond donors (Lipinski definition) is 1. The van der Waals surface area contributed by atoms with Crippen LogP contribution in [-0.4, -0.2) is 5.90 Å². The van der Waals surface area contributed by atoms with Crippen molar-refractivity contribution in [2.75, 3.05) is 0 Å². The SMILES string of the molecule is CC1OC(=N)c2ccc(Cl)cc21. The summed E-state index contributed by atoms with van der Waals surface area (Å²) in [5.74, 6) is 0.245. The average molecular weight is 182 g/mol. The molecule has 0 saturated heterocycles. The van der Waals surface area contributed by atoms with Crippen LogP contribution in [0.3, 0.4) is 0 Å². The summed E-state index contributed by atoms with van der Waals surface area (Å²) in [4.78, 5) is 0. The molecule has 0 spiro atoms. The lowest BCUT2D eigenvalue weighted by molar-refractivity contribution is 0.229. The van der Waals surface area contributed by atoms with Crippen molar-refractivity contribution in [1.82, 2.24) is 0 Å². The van der Waals surface area contributed by atoms with E-state index in [9.17, 15) is 0 Å². The lowest BCUT2D eigenvalue weighted by Crippen LogP contribution is -1.93. The molecular weight excluding hydrogens is 174 g/mol. The van der Waals surface area contributed by atoms with Gasteiger partial charge in [0.15, 0.2) is 0 Å². The van der Waals surface area contributed by atoms with Crippen LogP contribution in [0.1, 0.15) is 24.2 Å². The molecule has 0 radical (unpaired) electrons. The first-order valence-corrected chi connectivity index (χ1v) is 4.11. The van der Waals surface area contributed by atoms with E-state index in [2.05, 4.69) is 0 Å². The van der Waals surface area contributed by atoms with Gasteiger partial charge in [0.05, 0.1) is 0 Å². The fraction of sp³-hybridized carbons (Fsp3) is 0.222. The molecule has 1 N–H and O–H groups in total. The van der Waals surface area contributed by atoms with Crippen molar-refractivity contribution in [2.45, 2.75) is 13.0 Å². The van der Waals surface area contributed by atoms with Crippen LogP contribution in [-0.2, 0) is 4.74 Å². The van der Waals surface area contributed by atoms with Crippen molar-refractivity contribution in [1.29, 1.82) is 5.41 Å². The molecule has 1 aliphatic heterocycles. The molecule has 0 fully saturated rings. The summed E-state index contributed by atoms with van der Waals surface area (Å²) >= 11 is 5.81. The zero-order chi connectivity index (χ0) is 8.72. The third kappa shape index (κ3) is 0.994. The highest BCUT2D eigenvalue weighted by Crippen LogP contribution is 2.31. The van der Waals surface area contributed by atoms with Gasteiger partial charge in [0, 0.05) is 16.1 Å². The molecule has 1 aromatic carbocycles. The summed E-state index contributed by atoms with van der Waals surface area (Å²) < 4.78 is 5.21. The van der Waals surface area contributed by atoms with Gasteiger partial charge in [-0.1, -0.05) is 11.6 Å². The van der Waals surface area contributed by atoms with E-state index in [4.69, 9.17) is 21.7 Å². The summed E-state index contributed by atoms with van der Waals surface area (Å²) in [6.45, 7) is 1.91. The normalized spacial score (nSPS) is 20.5. The number of nitrogens with one attached hydrogen (secondary N) is 1. The molecule has 1 unspecified atom stereocenters. The number of halogens is 1. The topological polar surface area (TPSA) is 33.1 Å². The van der Waals surface area contributed by atoms with Gasteiger partial charge in [-0.2, -0.15) is 0 Å². The monoisotopic (exact) mass is 181 g/mol. The fourth-order valence-electron chi connectivity index (χ4n) is 1.38. The minimum absolute atomic E-state index is 0.0359. The molecule has 12 heavy (non-hydrogen) atoms. The van der Waals surface area contributed by atoms with Crippen LogP contribution in [0.15, 0.2) is 18.2 Å². The van der Waals surface area contributed by atoms with Gasteiger partial charge >= 0.3 is 0 Å². The average Bonchev–Trinajstić information content (AvgIpc) is 2.28. The molecule has 2 rings (SSSR count). The van der Waals surface area contributed by atoms with E-state index in [-0.39, 0.29) is 12.0 Å². The molecule has 0 aromatic heterocycles. The van der Waals surface area contributed by atoms with Crippen LogP contribution in [0.25, 0.3) is 0 Å². The lowest BCUT2D eigenvalue weighted by atomic mass is 10.1. The Balaban J connectivity index is 2.60. The number of benzene rings is 1. The zero-order valence-corrected chi connectivity index (χ0v) is 7.35. The van der Waals surface area contributed by atoms with Crippen molar-refractivity contribution >= 4 is 17.5 Å². The molecule has 62 valence electrons. The van der Waals surface area contributed by atoms with Crippen LogP contribution < -0.4 is 0 Å². The largest absolute Gasteiger partial charge is 0.470 e. The molecule has 2 nitrogen and oxygen atoms in total. The quantitative estimate of drug-likeness (QED) is 0.656. The van der Waals surface area contributed by atoms with E-state index in [1.54, 1.807) is 6.07 Å². The van der Waals surface area contributed by atoms with Crippen molar-refractivity contribution in [3.05, 3.63) is 34.3 Å². The minimum Gasteiger partial charge on any atom is -0.470 e. The highest BCUT2D eigenvalue weighted by Gasteiger charge is 2.24. The van der Waals surface area contributed by atoms with Crippen molar-refractivity contribution in [3.63, 3.8) is 0 Å². The summed E-state index contributed by atoms with van der Waals surface area (Å²) in [6.07, 6.45) is -0.0359. The van der Waals surface area contributed by atoms with Crippen LogP contribution >= 0.6 is 11.6 Å². The predicted octanol–water partition coefficient (Wildman–Crippen LogP) is 2.76. The zero-order valence-electron chi connectivity index (χ0n) is 6.60. The van der Waals surface area contributed by atoms with Crippen molar-refractivity contribution < 1.29 is 4.74 Å². The van der Waals surface area contributed by atoms with E-state index in [1.165, 1.54) is 0 Å².